The van der Waals surface area contributed by atoms with E-state index in [1.807, 2.05) is 60.9 Å². The highest BCUT2D eigenvalue weighted by molar-refractivity contribution is 7.98. The SMILES string of the molecule is CSCC[C@H](NC(=O)N1CCN(C(=O)c2c[nH]c3ccccc23)CC1)C(=O)Nc1ccccc1. The molecule has 1 aromatic heterocycles. The molecule has 178 valence electrons. The van der Waals surface area contributed by atoms with Crippen molar-refractivity contribution in [1.29, 1.82) is 0 Å². The molecule has 4 amide bonds. The van der Waals surface area contributed by atoms with Gasteiger partial charge in [0.2, 0.25) is 5.91 Å². The number of hydrogen-bond acceptors (Lipinski definition) is 4. The fourth-order valence-corrected chi connectivity index (χ4v) is 4.50. The van der Waals surface area contributed by atoms with E-state index in [0.29, 0.717) is 43.9 Å². The number of carbonyl (C=O) groups excluding carboxylic acids is 3. The minimum absolute atomic E-state index is 0.0439. The summed E-state index contributed by atoms with van der Waals surface area (Å²) in [5, 5.41) is 6.66. The number of nitrogens with zero attached hydrogens (tertiary/aromatic N) is 2. The number of aromatic nitrogens is 1. The Morgan fingerprint density at radius 2 is 1.65 bits per heavy atom. The molecule has 0 saturated carbocycles. The molecule has 9 heteroatoms. The average Bonchev–Trinajstić information content (AvgIpc) is 3.31. The number of H-pyrrole nitrogens is 1. The van der Waals surface area contributed by atoms with E-state index in [4.69, 9.17) is 0 Å². The molecule has 34 heavy (non-hydrogen) atoms. The Balaban J connectivity index is 1.33. The molecule has 2 aromatic carbocycles. The van der Waals surface area contributed by atoms with Crippen molar-refractivity contribution in [1.82, 2.24) is 20.1 Å². The van der Waals surface area contributed by atoms with E-state index in [-0.39, 0.29) is 17.8 Å². The average molecular weight is 480 g/mol. The Morgan fingerprint density at radius 1 is 0.971 bits per heavy atom. The zero-order valence-electron chi connectivity index (χ0n) is 19.1. The number of para-hydroxylation sites is 2. The van der Waals surface area contributed by atoms with Crippen molar-refractivity contribution in [2.24, 2.45) is 0 Å². The van der Waals surface area contributed by atoms with Gasteiger partial charge in [-0.25, -0.2) is 4.79 Å². The van der Waals surface area contributed by atoms with Crippen molar-refractivity contribution in [3.8, 4) is 0 Å². The number of urea groups is 1. The summed E-state index contributed by atoms with van der Waals surface area (Å²) in [6, 6.07) is 16.0. The smallest absolute Gasteiger partial charge is 0.318 e. The molecule has 1 saturated heterocycles. The van der Waals surface area contributed by atoms with Crippen molar-refractivity contribution in [3.63, 3.8) is 0 Å². The molecule has 0 radical (unpaired) electrons. The molecular weight excluding hydrogens is 450 g/mol. The topological polar surface area (TPSA) is 97.5 Å². The van der Waals surface area contributed by atoms with Gasteiger partial charge in [-0.1, -0.05) is 36.4 Å². The van der Waals surface area contributed by atoms with E-state index in [1.165, 1.54) is 0 Å². The van der Waals surface area contributed by atoms with Crippen molar-refractivity contribution >= 4 is 46.2 Å². The maximum atomic E-state index is 13.0. The van der Waals surface area contributed by atoms with Crippen LogP contribution in [0.3, 0.4) is 0 Å². The van der Waals surface area contributed by atoms with Gasteiger partial charge >= 0.3 is 6.03 Å². The second-order valence-electron chi connectivity index (χ2n) is 8.17. The third-order valence-corrected chi connectivity index (χ3v) is 6.58. The number of piperazine rings is 1. The van der Waals surface area contributed by atoms with Crippen LogP contribution in [0.15, 0.2) is 60.8 Å². The molecule has 1 aliphatic heterocycles. The fourth-order valence-electron chi connectivity index (χ4n) is 4.03. The molecule has 0 unspecified atom stereocenters. The lowest BCUT2D eigenvalue weighted by atomic mass is 10.1. The zero-order valence-corrected chi connectivity index (χ0v) is 19.9. The minimum atomic E-state index is -0.633. The quantitative estimate of drug-likeness (QED) is 0.484. The van der Waals surface area contributed by atoms with Crippen LogP contribution >= 0.6 is 11.8 Å². The molecule has 8 nitrogen and oxygen atoms in total. The van der Waals surface area contributed by atoms with Gasteiger partial charge in [-0.05, 0) is 36.6 Å². The molecule has 3 aromatic rings. The Bertz CT molecular complexity index is 1140. The molecule has 3 N–H and O–H groups in total. The number of hydrogen-bond donors (Lipinski definition) is 3. The summed E-state index contributed by atoms with van der Waals surface area (Å²) in [7, 11) is 0. The Kier molecular flexibility index (Phi) is 7.74. The first-order chi connectivity index (χ1) is 16.6. The highest BCUT2D eigenvalue weighted by Crippen LogP contribution is 2.20. The van der Waals surface area contributed by atoms with Crippen molar-refractivity contribution in [3.05, 3.63) is 66.4 Å². The van der Waals surface area contributed by atoms with Crippen molar-refractivity contribution in [2.75, 3.05) is 43.5 Å². The third kappa shape index (κ3) is 5.53. The molecule has 1 atom stereocenters. The summed E-state index contributed by atoms with van der Waals surface area (Å²) in [6.45, 7) is 1.71. The molecule has 4 rings (SSSR count). The predicted octanol–water partition coefficient (Wildman–Crippen LogP) is 3.40. The van der Waals surface area contributed by atoms with Crippen LogP contribution in [-0.2, 0) is 4.79 Å². The molecule has 0 spiro atoms. The second-order valence-corrected chi connectivity index (χ2v) is 9.15. The lowest BCUT2D eigenvalue weighted by Crippen LogP contribution is -2.56. The van der Waals surface area contributed by atoms with Crippen LogP contribution in [0, 0.1) is 0 Å². The first-order valence-electron chi connectivity index (χ1n) is 11.3. The standard InChI is InChI=1S/C25H29N5O3S/c1-34-16-11-22(23(31)27-18-7-3-2-4-8-18)28-25(33)30-14-12-29(13-15-30)24(32)20-17-26-21-10-6-5-9-19(20)21/h2-10,17,22,26H,11-16H2,1H3,(H,27,31)(H,28,33)/t22-/m0/s1. The third-order valence-electron chi connectivity index (χ3n) is 5.94. The van der Waals surface area contributed by atoms with E-state index in [1.54, 1.807) is 27.8 Å². The first kappa shape index (κ1) is 23.7. The number of amides is 4. The number of benzene rings is 2. The molecule has 1 fully saturated rings. The summed E-state index contributed by atoms with van der Waals surface area (Å²) in [6.07, 6.45) is 4.25. The van der Waals surface area contributed by atoms with Gasteiger partial charge in [-0.3, -0.25) is 9.59 Å². The highest BCUT2D eigenvalue weighted by atomic mass is 32.2. The van der Waals surface area contributed by atoms with Gasteiger partial charge in [-0.2, -0.15) is 11.8 Å². The van der Waals surface area contributed by atoms with Gasteiger partial charge in [-0.15, -0.1) is 0 Å². The number of fused-ring (bicyclic) bond motifs is 1. The number of nitrogens with one attached hydrogen (secondary N) is 3. The normalized spacial score (nSPS) is 14.6. The fraction of sp³-hybridized carbons (Fsp3) is 0.320. The Morgan fingerprint density at radius 3 is 2.38 bits per heavy atom. The maximum Gasteiger partial charge on any atom is 0.318 e. The lowest BCUT2D eigenvalue weighted by molar-refractivity contribution is -0.118. The summed E-state index contributed by atoms with van der Waals surface area (Å²) < 4.78 is 0. The molecule has 1 aliphatic rings. The van der Waals surface area contributed by atoms with Crippen LogP contribution in [0.25, 0.3) is 10.9 Å². The minimum Gasteiger partial charge on any atom is -0.360 e. The van der Waals surface area contributed by atoms with Crippen LogP contribution < -0.4 is 10.6 Å². The van der Waals surface area contributed by atoms with Crippen molar-refractivity contribution in [2.45, 2.75) is 12.5 Å². The van der Waals surface area contributed by atoms with Gasteiger partial charge in [0.25, 0.3) is 5.91 Å². The van der Waals surface area contributed by atoms with Gasteiger partial charge in [0, 0.05) is 49.0 Å². The molecule has 0 bridgehead atoms. The number of anilines is 1. The van der Waals surface area contributed by atoms with Gasteiger partial charge < -0.3 is 25.4 Å². The number of rotatable bonds is 7. The molecule has 0 aliphatic carbocycles. The van der Waals surface area contributed by atoms with E-state index in [9.17, 15) is 14.4 Å². The summed E-state index contributed by atoms with van der Waals surface area (Å²) in [4.78, 5) is 45.4. The van der Waals surface area contributed by atoms with E-state index < -0.39 is 6.04 Å². The van der Waals surface area contributed by atoms with Crippen LogP contribution in [0.1, 0.15) is 16.8 Å². The first-order valence-corrected chi connectivity index (χ1v) is 12.7. The van der Waals surface area contributed by atoms with Crippen LogP contribution in [0.5, 0.6) is 0 Å². The Labute approximate surface area is 203 Å². The van der Waals surface area contributed by atoms with Crippen LogP contribution in [-0.4, -0.2) is 76.9 Å². The second kappa shape index (κ2) is 11.1. The summed E-state index contributed by atoms with van der Waals surface area (Å²) >= 11 is 1.63. The van der Waals surface area contributed by atoms with Crippen LogP contribution in [0.2, 0.25) is 0 Å². The van der Waals surface area contributed by atoms with Gasteiger partial charge in [0.05, 0.1) is 5.56 Å². The lowest BCUT2D eigenvalue weighted by Gasteiger charge is -2.35. The monoisotopic (exact) mass is 479 g/mol. The summed E-state index contributed by atoms with van der Waals surface area (Å²) in [5.41, 5.74) is 2.26. The number of carbonyl (C=O) groups is 3. The number of aromatic amines is 1. The molecule has 2 heterocycles. The van der Waals surface area contributed by atoms with E-state index in [0.717, 1.165) is 16.7 Å². The maximum absolute atomic E-state index is 13.0. The zero-order chi connectivity index (χ0) is 23.9. The Hall–Kier alpha value is -3.46. The van der Waals surface area contributed by atoms with E-state index >= 15 is 0 Å². The predicted molar refractivity (Wildman–Crippen MR) is 136 cm³/mol. The molecular formula is C25H29N5O3S. The number of thioether (sulfide) groups is 1. The van der Waals surface area contributed by atoms with E-state index in [2.05, 4.69) is 15.6 Å². The largest absolute Gasteiger partial charge is 0.360 e. The van der Waals surface area contributed by atoms with Gasteiger partial charge in [0.15, 0.2) is 0 Å². The van der Waals surface area contributed by atoms with Crippen molar-refractivity contribution < 1.29 is 14.4 Å². The van der Waals surface area contributed by atoms with Gasteiger partial charge in [0.1, 0.15) is 6.04 Å². The highest BCUT2D eigenvalue weighted by Gasteiger charge is 2.28. The van der Waals surface area contributed by atoms with Crippen LogP contribution in [0.4, 0.5) is 10.5 Å². The summed E-state index contributed by atoms with van der Waals surface area (Å²) in [5.74, 6) is 0.472.